The van der Waals surface area contributed by atoms with E-state index < -0.39 is 0 Å². The van der Waals surface area contributed by atoms with Crippen molar-refractivity contribution >= 4 is 23.0 Å². The Bertz CT molecular complexity index is 639. The number of nitrogens with zero attached hydrogens (tertiary/aromatic N) is 2. The van der Waals surface area contributed by atoms with E-state index in [1.165, 1.54) is 16.1 Å². The number of nitrogens with one attached hydrogen (secondary N) is 1. The fraction of sp³-hybridized carbons (Fsp3) is 0.444. The molecule has 23 heavy (non-hydrogen) atoms. The summed E-state index contributed by atoms with van der Waals surface area (Å²) >= 11 is 1.71. The van der Waals surface area contributed by atoms with Crippen molar-refractivity contribution in [2.24, 2.45) is 10.7 Å². The van der Waals surface area contributed by atoms with Gasteiger partial charge in [-0.15, -0.1) is 11.3 Å². The molecule has 0 saturated heterocycles. The fourth-order valence-corrected chi connectivity index (χ4v) is 3.27. The Kier molecular flexibility index (Phi) is 6.59. The summed E-state index contributed by atoms with van der Waals surface area (Å²) in [5.41, 5.74) is 10.8. The molecule has 2 rings (SSSR count). The molecule has 0 unspecified atom stereocenters. The third kappa shape index (κ3) is 4.79. The second kappa shape index (κ2) is 8.67. The summed E-state index contributed by atoms with van der Waals surface area (Å²) in [6.45, 7) is 7.09. The molecule has 0 amide bonds. The van der Waals surface area contributed by atoms with Crippen LogP contribution in [0.3, 0.4) is 0 Å². The standard InChI is InChI=1S/C18H26N4S/c1-4-13-8-7-9-14(5-2)17(13)22-18(19)20-11-10-15-12-23-16(6-3)21-15/h7-9,12H,4-6,10-11H2,1-3H3,(H3,19,20,22). The van der Waals surface area contributed by atoms with Gasteiger partial charge in [-0.2, -0.15) is 0 Å². The Balaban J connectivity index is 1.99. The first-order valence-corrected chi connectivity index (χ1v) is 9.16. The second-order valence-electron chi connectivity index (χ2n) is 5.39. The molecular formula is C18H26N4S. The van der Waals surface area contributed by atoms with Crippen LogP contribution in [0.4, 0.5) is 5.69 Å². The number of nitrogens with two attached hydrogens (primary N) is 1. The number of rotatable bonds is 7. The van der Waals surface area contributed by atoms with E-state index in [0.717, 1.165) is 37.1 Å². The number of hydrogen-bond acceptors (Lipinski definition) is 3. The summed E-state index contributed by atoms with van der Waals surface area (Å²) in [7, 11) is 0. The zero-order valence-electron chi connectivity index (χ0n) is 14.2. The molecule has 0 spiro atoms. The summed E-state index contributed by atoms with van der Waals surface area (Å²) in [5, 5.41) is 6.58. The maximum absolute atomic E-state index is 6.07. The highest BCUT2D eigenvalue weighted by molar-refractivity contribution is 7.09. The minimum absolute atomic E-state index is 0.478. The SMILES string of the molecule is CCc1nc(CCN=C(N)Nc2c(CC)cccc2CC)cs1. The number of thiazole rings is 1. The topological polar surface area (TPSA) is 63.3 Å². The lowest BCUT2D eigenvalue weighted by atomic mass is 10.0. The molecule has 124 valence electrons. The van der Waals surface area contributed by atoms with Crippen molar-refractivity contribution in [2.45, 2.75) is 46.5 Å². The average molecular weight is 331 g/mol. The summed E-state index contributed by atoms with van der Waals surface area (Å²) < 4.78 is 0. The van der Waals surface area contributed by atoms with Crippen LogP contribution in [0, 0.1) is 0 Å². The summed E-state index contributed by atoms with van der Waals surface area (Å²) in [6.07, 6.45) is 3.77. The van der Waals surface area contributed by atoms with Crippen LogP contribution in [0.1, 0.15) is 42.6 Å². The Hall–Kier alpha value is -1.88. The van der Waals surface area contributed by atoms with E-state index in [-0.39, 0.29) is 0 Å². The van der Waals surface area contributed by atoms with E-state index in [1.807, 2.05) is 0 Å². The number of aromatic nitrogens is 1. The van der Waals surface area contributed by atoms with Crippen LogP contribution in [0.15, 0.2) is 28.6 Å². The van der Waals surface area contributed by atoms with Crippen LogP contribution in [-0.4, -0.2) is 17.5 Å². The van der Waals surface area contributed by atoms with Gasteiger partial charge in [-0.1, -0.05) is 39.0 Å². The predicted octanol–water partition coefficient (Wildman–Crippen LogP) is 3.80. The molecule has 5 heteroatoms. The van der Waals surface area contributed by atoms with Gasteiger partial charge in [0.2, 0.25) is 0 Å². The van der Waals surface area contributed by atoms with E-state index in [9.17, 15) is 0 Å². The Morgan fingerprint density at radius 3 is 2.43 bits per heavy atom. The van der Waals surface area contributed by atoms with Gasteiger partial charge in [0.1, 0.15) is 0 Å². The highest BCUT2D eigenvalue weighted by Gasteiger charge is 2.07. The average Bonchev–Trinajstić information content (AvgIpc) is 3.03. The van der Waals surface area contributed by atoms with E-state index in [1.54, 1.807) is 11.3 Å². The molecule has 4 nitrogen and oxygen atoms in total. The Morgan fingerprint density at radius 1 is 1.17 bits per heavy atom. The molecule has 0 aliphatic carbocycles. The van der Waals surface area contributed by atoms with Crippen LogP contribution < -0.4 is 11.1 Å². The first kappa shape index (κ1) is 17.5. The van der Waals surface area contributed by atoms with Crippen molar-refractivity contribution < 1.29 is 0 Å². The van der Waals surface area contributed by atoms with Crippen molar-refractivity contribution in [3.05, 3.63) is 45.4 Å². The van der Waals surface area contributed by atoms with Gasteiger partial charge < -0.3 is 11.1 Å². The van der Waals surface area contributed by atoms with Gasteiger partial charge in [0.05, 0.1) is 10.7 Å². The molecule has 1 aromatic heterocycles. The number of benzene rings is 1. The minimum Gasteiger partial charge on any atom is -0.370 e. The predicted molar refractivity (Wildman–Crippen MR) is 101 cm³/mol. The van der Waals surface area contributed by atoms with Gasteiger partial charge >= 0.3 is 0 Å². The number of guanidine groups is 1. The van der Waals surface area contributed by atoms with E-state index in [2.05, 4.69) is 59.6 Å². The summed E-state index contributed by atoms with van der Waals surface area (Å²) in [6, 6.07) is 6.37. The molecule has 1 heterocycles. The van der Waals surface area contributed by atoms with Crippen molar-refractivity contribution in [3.63, 3.8) is 0 Å². The molecule has 0 fully saturated rings. The first-order valence-electron chi connectivity index (χ1n) is 8.28. The normalized spacial score (nSPS) is 11.7. The third-order valence-electron chi connectivity index (χ3n) is 3.80. The quantitative estimate of drug-likeness (QED) is 0.599. The van der Waals surface area contributed by atoms with Crippen LogP contribution in [0.2, 0.25) is 0 Å². The lowest BCUT2D eigenvalue weighted by Gasteiger charge is -2.14. The summed E-state index contributed by atoms with van der Waals surface area (Å²) in [5.74, 6) is 0.478. The number of anilines is 1. The lowest BCUT2D eigenvalue weighted by molar-refractivity contribution is 0.916. The summed E-state index contributed by atoms with van der Waals surface area (Å²) in [4.78, 5) is 9.00. The largest absolute Gasteiger partial charge is 0.370 e. The Labute approximate surface area is 142 Å². The first-order chi connectivity index (χ1) is 11.2. The van der Waals surface area contributed by atoms with Gasteiger partial charge in [-0.25, -0.2) is 4.98 Å². The zero-order valence-corrected chi connectivity index (χ0v) is 15.0. The van der Waals surface area contributed by atoms with Crippen LogP contribution in [-0.2, 0) is 25.7 Å². The Morgan fingerprint density at radius 2 is 1.87 bits per heavy atom. The van der Waals surface area contributed by atoms with Crippen LogP contribution >= 0.6 is 11.3 Å². The van der Waals surface area contributed by atoms with E-state index in [4.69, 9.17) is 5.73 Å². The van der Waals surface area contributed by atoms with Gasteiger partial charge in [0, 0.05) is 24.0 Å². The highest BCUT2D eigenvalue weighted by atomic mass is 32.1. The monoisotopic (exact) mass is 330 g/mol. The van der Waals surface area contributed by atoms with Gasteiger partial charge in [0.15, 0.2) is 5.96 Å². The molecule has 3 N–H and O–H groups in total. The maximum atomic E-state index is 6.07. The molecule has 0 aliphatic heterocycles. The number of para-hydroxylation sites is 1. The molecule has 0 saturated carbocycles. The third-order valence-corrected chi connectivity index (χ3v) is 4.85. The highest BCUT2D eigenvalue weighted by Crippen LogP contribution is 2.22. The van der Waals surface area contributed by atoms with Crippen molar-refractivity contribution in [2.75, 3.05) is 11.9 Å². The molecule has 1 aromatic carbocycles. The van der Waals surface area contributed by atoms with Crippen LogP contribution in [0.25, 0.3) is 0 Å². The number of aliphatic imine (C=N–C) groups is 1. The maximum Gasteiger partial charge on any atom is 0.193 e. The zero-order chi connectivity index (χ0) is 16.7. The van der Waals surface area contributed by atoms with E-state index in [0.29, 0.717) is 12.5 Å². The van der Waals surface area contributed by atoms with Gasteiger partial charge in [-0.05, 0) is 30.4 Å². The second-order valence-corrected chi connectivity index (χ2v) is 6.33. The molecule has 2 aromatic rings. The minimum atomic E-state index is 0.478. The van der Waals surface area contributed by atoms with E-state index >= 15 is 0 Å². The smallest absolute Gasteiger partial charge is 0.193 e. The van der Waals surface area contributed by atoms with Crippen molar-refractivity contribution in [1.29, 1.82) is 0 Å². The van der Waals surface area contributed by atoms with Crippen molar-refractivity contribution in [3.8, 4) is 0 Å². The van der Waals surface area contributed by atoms with Crippen molar-refractivity contribution in [1.82, 2.24) is 4.98 Å². The van der Waals surface area contributed by atoms with Crippen LogP contribution in [0.5, 0.6) is 0 Å². The molecular weight excluding hydrogens is 304 g/mol. The molecule has 0 bridgehead atoms. The molecule has 0 aliphatic rings. The fourth-order valence-electron chi connectivity index (χ4n) is 2.49. The number of aryl methyl sites for hydroxylation is 3. The van der Waals surface area contributed by atoms with Gasteiger partial charge in [-0.3, -0.25) is 4.99 Å². The van der Waals surface area contributed by atoms with Gasteiger partial charge in [0.25, 0.3) is 0 Å². The molecule has 0 atom stereocenters. The molecule has 0 radical (unpaired) electrons. The number of hydrogen-bond donors (Lipinski definition) is 2. The lowest BCUT2D eigenvalue weighted by Crippen LogP contribution is -2.24.